The van der Waals surface area contributed by atoms with Gasteiger partial charge < -0.3 is 47.4 Å². The molecule has 0 bridgehead atoms. The molecule has 0 unspecified atom stereocenters. The van der Waals surface area contributed by atoms with E-state index in [0.717, 1.165) is 34.6 Å². The molecule has 1 saturated heterocycles. The Morgan fingerprint density at radius 3 is 1.73 bits per heavy atom. The van der Waals surface area contributed by atoms with E-state index < -0.39 is 78.6 Å². The highest BCUT2D eigenvalue weighted by molar-refractivity contribution is 5.74. The van der Waals surface area contributed by atoms with Crippen molar-refractivity contribution < 1.29 is 80.9 Å². The van der Waals surface area contributed by atoms with Crippen molar-refractivity contribution in [2.24, 2.45) is 0 Å². The summed E-state index contributed by atoms with van der Waals surface area (Å²) in [5, 5.41) is 0. The van der Waals surface area contributed by atoms with E-state index in [2.05, 4.69) is 0 Å². The molecule has 2 aromatic carbocycles. The summed E-state index contributed by atoms with van der Waals surface area (Å²) in [6, 6.07) is 7.01. The van der Waals surface area contributed by atoms with Crippen LogP contribution in [0, 0.1) is 0 Å². The quantitative estimate of drug-likeness (QED) is 0.196. The van der Waals surface area contributed by atoms with Crippen LogP contribution in [0.15, 0.2) is 30.3 Å². The van der Waals surface area contributed by atoms with E-state index in [9.17, 15) is 33.6 Å². The van der Waals surface area contributed by atoms with Crippen LogP contribution in [0.3, 0.4) is 0 Å². The smallest absolute Gasteiger partial charge is 0.308 e. The van der Waals surface area contributed by atoms with Gasteiger partial charge in [-0.3, -0.25) is 33.6 Å². The lowest BCUT2D eigenvalue weighted by atomic mass is 9.93. The van der Waals surface area contributed by atoms with E-state index in [1.807, 2.05) is 0 Å². The Morgan fingerprint density at radius 2 is 1.14 bits per heavy atom. The van der Waals surface area contributed by atoms with Crippen LogP contribution in [0.25, 0.3) is 0 Å². The molecular weight excluding hydrogens is 680 g/mol. The third kappa shape index (κ3) is 10.2. The van der Waals surface area contributed by atoms with E-state index in [1.54, 1.807) is 0 Å². The number of benzene rings is 2. The molecule has 0 aliphatic carbocycles. The molecule has 17 nitrogen and oxygen atoms in total. The summed E-state index contributed by atoms with van der Waals surface area (Å²) in [7, 11) is 0. The molecule has 274 valence electrons. The maximum absolute atomic E-state index is 12.2. The summed E-state index contributed by atoms with van der Waals surface area (Å²) in [6.07, 6.45) is -7.45. The van der Waals surface area contributed by atoms with Crippen LogP contribution in [0.5, 0.6) is 28.7 Å². The van der Waals surface area contributed by atoms with Gasteiger partial charge in [0.2, 0.25) is 12.4 Å². The molecule has 2 aliphatic rings. The minimum absolute atomic E-state index is 0.0323. The van der Waals surface area contributed by atoms with Gasteiger partial charge in [0.1, 0.15) is 23.4 Å². The normalized spacial score (nSPS) is 22.1. The summed E-state index contributed by atoms with van der Waals surface area (Å²) in [5.74, 6) is -5.11. The van der Waals surface area contributed by atoms with Gasteiger partial charge in [-0.05, 0) is 12.1 Å². The second-order valence-electron chi connectivity index (χ2n) is 11.4. The largest absolute Gasteiger partial charge is 0.481 e. The molecule has 4 rings (SSSR count). The molecule has 0 spiro atoms. The lowest BCUT2D eigenvalue weighted by molar-refractivity contribution is -0.259. The van der Waals surface area contributed by atoms with Crippen LogP contribution >= 0.6 is 0 Å². The summed E-state index contributed by atoms with van der Waals surface area (Å²) < 4.78 is 55.7. The van der Waals surface area contributed by atoms with Crippen LogP contribution in [0.4, 0.5) is 0 Å². The number of carbonyl (C=O) groups excluding carboxylic acids is 7. The number of ether oxygens (including phenoxy) is 10. The topological polar surface area (TPSA) is 212 Å². The molecule has 17 heteroatoms. The van der Waals surface area contributed by atoms with E-state index >= 15 is 0 Å². The van der Waals surface area contributed by atoms with Gasteiger partial charge in [0.15, 0.2) is 29.8 Å². The first-order valence-corrected chi connectivity index (χ1v) is 15.5. The van der Waals surface area contributed by atoms with Crippen molar-refractivity contribution in [3.05, 3.63) is 41.5 Å². The second kappa shape index (κ2) is 16.3. The molecule has 0 radical (unpaired) electrons. The summed E-state index contributed by atoms with van der Waals surface area (Å²) in [4.78, 5) is 83.8. The zero-order valence-corrected chi connectivity index (χ0v) is 28.7. The van der Waals surface area contributed by atoms with Crippen LogP contribution in [-0.2, 0) is 63.7 Å². The zero-order valence-electron chi connectivity index (χ0n) is 28.7. The molecule has 2 heterocycles. The van der Waals surface area contributed by atoms with Gasteiger partial charge in [-0.15, -0.1) is 0 Å². The van der Waals surface area contributed by atoms with Crippen LogP contribution < -0.4 is 23.7 Å². The Bertz CT molecular complexity index is 1710. The number of rotatable bonds is 10. The fourth-order valence-electron chi connectivity index (χ4n) is 5.46. The van der Waals surface area contributed by atoms with Gasteiger partial charge in [-0.2, -0.15) is 0 Å². The number of hydrogen-bond acceptors (Lipinski definition) is 17. The highest BCUT2D eigenvalue weighted by Crippen LogP contribution is 2.45. The van der Waals surface area contributed by atoms with Crippen molar-refractivity contribution >= 4 is 41.8 Å². The van der Waals surface area contributed by atoms with E-state index in [4.69, 9.17) is 47.4 Å². The molecule has 0 saturated carbocycles. The third-order valence-corrected chi connectivity index (χ3v) is 7.07. The first kappa shape index (κ1) is 38.1. The fraction of sp³-hybridized carbons (Fsp3) is 0.441. The van der Waals surface area contributed by atoms with Crippen molar-refractivity contribution in [3.63, 3.8) is 0 Å². The molecule has 2 aliphatic heterocycles. The van der Waals surface area contributed by atoms with Crippen molar-refractivity contribution in [1.82, 2.24) is 0 Å². The number of hydrogen-bond donors (Lipinski definition) is 0. The highest BCUT2D eigenvalue weighted by atomic mass is 16.7. The van der Waals surface area contributed by atoms with Gasteiger partial charge in [-0.1, -0.05) is 6.07 Å². The Balaban J connectivity index is 1.77. The number of esters is 7. The van der Waals surface area contributed by atoms with Gasteiger partial charge in [0.25, 0.3) is 0 Å². The number of fused-ring (bicyclic) bond motifs is 1. The molecule has 2 aromatic rings. The molecule has 1 fully saturated rings. The standard InChI is InChI=1S/C34H36O17/c1-15(35)43-25-9-8-22(10-28(25)45-17(3)37)31-29(46-18(4)38)13-24-26(44-16(2)36)11-23(12-27(24)51-31)50-34-33(49-21(7)41)32(48-20(6)40)30(14-42-34)47-19(5)39/h8-12,29-34H,13-14H2,1-7H3/t29-,30-,31-,32+,33-,34+/m1/s1. The van der Waals surface area contributed by atoms with E-state index in [1.165, 1.54) is 44.2 Å². The number of carbonyl (C=O) groups is 7. The molecule has 0 aromatic heterocycles. The van der Waals surface area contributed by atoms with Crippen molar-refractivity contribution in [2.75, 3.05) is 6.61 Å². The van der Waals surface area contributed by atoms with Crippen molar-refractivity contribution in [2.45, 2.75) is 91.7 Å². The lowest BCUT2D eigenvalue weighted by Gasteiger charge is -2.40. The Morgan fingerprint density at radius 1 is 0.588 bits per heavy atom. The first-order chi connectivity index (χ1) is 24.0. The van der Waals surface area contributed by atoms with E-state index in [-0.39, 0.29) is 41.8 Å². The Kier molecular flexibility index (Phi) is 12.2. The predicted molar refractivity (Wildman–Crippen MR) is 166 cm³/mol. The van der Waals surface area contributed by atoms with Gasteiger partial charge >= 0.3 is 41.8 Å². The molecule has 51 heavy (non-hydrogen) atoms. The van der Waals surface area contributed by atoms with Crippen LogP contribution in [0.1, 0.15) is 65.7 Å². The summed E-state index contributed by atoms with van der Waals surface area (Å²) >= 11 is 0. The average molecular weight is 717 g/mol. The SMILES string of the molecule is CC(=O)Oc1ccc([C@H]2Oc3cc(O[C@@H]4OC[C@@H](OC(C)=O)[C@H](OC(C)=O)[C@H]4OC(C)=O)cc(OC(C)=O)c3C[C@H]2OC(C)=O)cc1OC(C)=O. The minimum Gasteiger partial charge on any atom is -0.481 e. The van der Waals surface area contributed by atoms with Crippen molar-refractivity contribution in [1.29, 1.82) is 0 Å². The van der Waals surface area contributed by atoms with Crippen LogP contribution in [-0.4, -0.2) is 79.1 Å². The van der Waals surface area contributed by atoms with E-state index in [0.29, 0.717) is 11.1 Å². The minimum atomic E-state index is -1.44. The Hall–Kier alpha value is -5.71. The lowest BCUT2D eigenvalue weighted by Crippen LogP contribution is -2.59. The van der Waals surface area contributed by atoms with Crippen LogP contribution in [0.2, 0.25) is 0 Å². The Labute approximate surface area is 291 Å². The summed E-state index contributed by atoms with van der Waals surface area (Å²) in [6.45, 7) is 7.73. The molecular formula is C34H36O17. The monoisotopic (exact) mass is 716 g/mol. The maximum atomic E-state index is 12.2. The highest BCUT2D eigenvalue weighted by Gasteiger charge is 2.48. The third-order valence-electron chi connectivity index (χ3n) is 7.07. The van der Waals surface area contributed by atoms with Crippen molar-refractivity contribution in [3.8, 4) is 28.7 Å². The van der Waals surface area contributed by atoms with Gasteiger partial charge in [0, 0.05) is 78.1 Å². The van der Waals surface area contributed by atoms with Gasteiger partial charge in [0.05, 0.1) is 6.61 Å². The van der Waals surface area contributed by atoms with Gasteiger partial charge in [-0.25, -0.2) is 0 Å². The average Bonchev–Trinajstić information content (AvgIpc) is 2.99. The molecule has 6 atom stereocenters. The molecule has 0 N–H and O–H groups in total. The predicted octanol–water partition coefficient (Wildman–Crippen LogP) is 2.60. The molecule has 0 amide bonds. The fourth-order valence-corrected chi connectivity index (χ4v) is 5.46. The first-order valence-electron chi connectivity index (χ1n) is 15.5. The zero-order chi connectivity index (χ0) is 37.6. The second-order valence-corrected chi connectivity index (χ2v) is 11.4. The maximum Gasteiger partial charge on any atom is 0.308 e. The summed E-state index contributed by atoms with van der Waals surface area (Å²) in [5.41, 5.74) is 0.649.